The first-order valence-corrected chi connectivity index (χ1v) is 6.84. The molecule has 1 aliphatic rings. The van der Waals surface area contributed by atoms with Gasteiger partial charge in [0, 0.05) is 5.02 Å². The SMILES string of the molecule is CC1(C)CC[C@H](Cc2ccc(Cl)cc2)C1(O)CO. The molecule has 3 heteroatoms. The molecule has 0 bridgehead atoms. The summed E-state index contributed by atoms with van der Waals surface area (Å²) in [5, 5.41) is 21.0. The minimum Gasteiger partial charge on any atom is -0.393 e. The Kier molecular flexibility index (Phi) is 3.72. The van der Waals surface area contributed by atoms with Gasteiger partial charge in [-0.2, -0.15) is 0 Å². The third kappa shape index (κ3) is 2.29. The highest BCUT2D eigenvalue weighted by molar-refractivity contribution is 6.30. The second-order valence-corrected chi connectivity index (χ2v) is 6.47. The Morgan fingerprint density at radius 3 is 2.44 bits per heavy atom. The fourth-order valence-electron chi connectivity index (χ4n) is 3.06. The molecule has 18 heavy (non-hydrogen) atoms. The van der Waals surface area contributed by atoms with Crippen LogP contribution in [0.4, 0.5) is 0 Å². The first-order valence-electron chi connectivity index (χ1n) is 6.47. The van der Waals surface area contributed by atoms with Crippen LogP contribution >= 0.6 is 11.6 Å². The molecule has 0 amide bonds. The number of rotatable bonds is 3. The molecule has 1 fully saturated rings. The maximum absolute atomic E-state index is 10.7. The van der Waals surface area contributed by atoms with E-state index in [1.165, 1.54) is 0 Å². The highest BCUT2D eigenvalue weighted by Gasteiger charge is 2.53. The summed E-state index contributed by atoms with van der Waals surface area (Å²) in [6.07, 6.45) is 2.69. The maximum Gasteiger partial charge on any atom is 0.0958 e. The summed E-state index contributed by atoms with van der Waals surface area (Å²) in [5.41, 5.74) is -0.0418. The van der Waals surface area contributed by atoms with Crippen molar-refractivity contribution in [2.24, 2.45) is 11.3 Å². The third-order valence-electron chi connectivity index (χ3n) is 4.60. The van der Waals surface area contributed by atoms with Crippen molar-refractivity contribution in [3.05, 3.63) is 34.9 Å². The van der Waals surface area contributed by atoms with E-state index in [4.69, 9.17) is 11.6 Å². The quantitative estimate of drug-likeness (QED) is 0.885. The van der Waals surface area contributed by atoms with Crippen LogP contribution in [0.3, 0.4) is 0 Å². The molecule has 2 rings (SSSR count). The van der Waals surface area contributed by atoms with Crippen LogP contribution < -0.4 is 0 Å². The summed E-state index contributed by atoms with van der Waals surface area (Å²) >= 11 is 5.87. The van der Waals surface area contributed by atoms with E-state index in [2.05, 4.69) is 0 Å². The zero-order valence-electron chi connectivity index (χ0n) is 11.0. The van der Waals surface area contributed by atoms with Gasteiger partial charge in [-0.3, -0.25) is 0 Å². The van der Waals surface area contributed by atoms with Crippen molar-refractivity contribution in [2.45, 2.75) is 38.7 Å². The van der Waals surface area contributed by atoms with E-state index >= 15 is 0 Å². The van der Waals surface area contributed by atoms with Crippen molar-refractivity contribution in [3.63, 3.8) is 0 Å². The molecule has 1 aromatic rings. The number of aliphatic hydroxyl groups excluding tert-OH is 1. The monoisotopic (exact) mass is 268 g/mol. The molecule has 0 radical (unpaired) electrons. The van der Waals surface area contributed by atoms with Gasteiger partial charge < -0.3 is 10.2 Å². The topological polar surface area (TPSA) is 40.5 Å². The van der Waals surface area contributed by atoms with E-state index in [9.17, 15) is 10.2 Å². The smallest absolute Gasteiger partial charge is 0.0958 e. The average Bonchev–Trinajstić information content (AvgIpc) is 2.56. The molecule has 2 atom stereocenters. The van der Waals surface area contributed by atoms with Crippen LogP contribution in [0.15, 0.2) is 24.3 Å². The van der Waals surface area contributed by atoms with Gasteiger partial charge in [0.05, 0.1) is 12.2 Å². The lowest BCUT2D eigenvalue weighted by molar-refractivity contribution is -0.110. The Balaban J connectivity index is 2.17. The van der Waals surface area contributed by atoms with Gasteiger partial charge in [0.2, 0.25) is 0 Å². The molecule has 1 aromatic carbocycles. The molecule has 0 heterocycles. The summed E-state index contributed by atoms with van der Waals surface area (Å²) in [4.78, 5) is 0. The second-order valence-electron chi connectivity index (χ2n) is 6.03. The van der Waals surface area contributed by atoms with E-state index < -0.39 is 5.60 Å². The molecule has 100 valence electrons. The predicted octanol–water partition coefficient (Wildman–Crippen LogP) is 3.04. The zero-order chi connectivity index (χ0) is 13.4. The van der Waals surface area contributed by atoms with Gasteiger partial charge in [-0.05, 0) is 48.3 Å². The predicted molar refractivity (Wildman–Crippen MR) is 73.7 cm³/mol. The fraction of sp³-hybridized carbons (Fsp3) is 0.600. The summed E-state index contributed by atoms with van der Waals surface area (Å²) in [6.45, 7) is 3.90. The number of aliphatic hydroxyl groups is 2. The molecule has 1 saturated carbocycles. The Hall–Kier alpha value is -0.570. The van der Waals surface area contributed by atoms with Gasteiger partial charge in [0.25, 0.3) is 0 Å². The number of halogens is 1. The lowest BCUT2D eigenvalue weighted by Crippen LogP contribution is -2.49. The number of hydrogen-bond acceptors (Lipinski definition) is 2. The van der Waals surface area contributed by atoms with E-state index in [-0.39, 0.29) is 17.9 Å². The Morgan fingerprint density at radius 2 is 1.89 bits per heavy atom. The molecule has 2 N–H and O–H groups in total. The van der Waals surface area contributed by atoms with Crippen LogP contribution in [0, 0.1) is 11.3 Å². The van der Waals surface area contributed by atoms with Crippen molar-refractivity contribution >= 4 is 11.6 Å². The van der Waals surface area contributed by atoms with E-state index in [0.717, 1.165) is 29.8 Å². The molecule has 0 saturated heterocycles. The number of benzene rings is 1. The molecular weight excluding hydrogens is 248 g/mol. The Bertz CT molecular complexity index is 413. The van der Waals surface area contributed by atoms with E-state index in [1.807, 2.05) is 38.1 Å². The van der Waals surface area contributed by atoms with Crippen molar-refractivity contribution in [3.8, 4) is 0 Å². The Labute approximate surface area is 114 Å². The summed E-state index contributed by atoms with van der Waals surface area (Å²) < 4.78 is 0. The van der Waals surface area contributed by atoms with E-state index in [0.29, 0.717) is 0 Å². The van der Waals surface area contributed by atoms with Gasteiger partial charge in [-0.25, -0.2) is 0 Å². The minimum absolute atomic E-state index is 0.110. The van der Waals surface area contributed by atoms with Crippen molar-refractivity contribution in [2.75, 3.05) is 6.61 Å². The highest BCUT2D eigenvalue weighted by Crippen LogP contribution is 2.50. The van der Waals surface area contributed by atoms with Crippen LogP contribution in [0.5, 0.6) is 0 Å². The van der Waals surface area contributed by atoms with E-state index in [1.54, 1.807) is 0 Å². The minimum atomic E-state index is -0.980. The molecule has 0 spiro atoms. The van der Waals surface area contributed by atoms with Crippen molar-refractivity contribution in [1.82, 2.24) is 0 Å². The molecule has 0 aromatic heterocycles. The van der Waals surface area contributed by atoms with Gasteiger partial charge >= 0.3 is 0 Å². The summed E-state index contributed by atoms with van der Waals surface area (Å²) in [6, 6.07) is 7.72. The van der Waals surface area contributed by atoms with Gasteiger partial charge in [-0.15, -0.1) is 0 Å². The first kappa shape index (κ1) is 13.9. The Morgan fingerprint density at radius 1 is 1.28 bits per heavy atom. The molecular formula is C15H21ClO2. The van der Waals surface area contributed by atoms with Gasteiger partial charge in [0.1, 0.15) is 0 Å². The molecule has 1 aliphatic carbocycles. The summed E-state index contributed by atoms with van der Waals surface area (Å²) in [7, 11) is 0. The lowest BCUT2D eigenvalue weighted by Gasteiger charge is -2.39. The maximum atomic E-state index is 10.7. The fourth-order valence-corrected chi connectivity index (χ4v) is 3.19. The molecule has 0 aliphatic heterocycles. The second kappa shape index (κ2) is 4.84. The average molecular weight is 269 g/mol. The standard InChI is InChI=1S/C15H21ClO2/c1-14(2)8-7-12(15(14,18)10-17)9-11-3-5-13(16)6-4-11/h3-6,12,17-18H,7-10H2,1-2H3/t12-,15?/m1/s1. The van der Waals surface area contributed by atoms with Gasteiger partial charge in [-0.1, -0.05) is 37.6 Å². The van der Waals surface area contributed by atoms with Crippen LogP contribution in [-0.2, 0) is 6.42 Å². The molecule has 1 unspecified atom stereocenters. The van der Waals surface area contributed by atoms with Gasteiger partial charge in [0.15, 0.2) is 0 Å². The van der Waals surface area contributed by atoms with Crippen LogP contribution in [0.2, 0.25) is 5.02 Å². The van der Waals surface area contributed by atoms with Crippen LogP contribution in [-0.4, -0.2) is 22.4 Å². The van der Waals surface area contributed by atoms with Crippen LogP contribution in [0.25, 0.3) is 0 Å². The van der Waals surface area contributed by atoms with Crippen molar-refractivity contribution < 1.29 is 10.2 Å². The third-order valence-corrected chi connectivity index (χ3v) is 4.85. The zero-order valence-corrected chi connectivity index (χ0v) is 11.7. The van der Waals surface area contributed by atoms with Crippen LogP contribution in [0.1, 0.15) is 32.3 Å². The molecule has 2 nitrogen and oxygen atoms in total. The largest absolute Gasteiger partial charge is 0.393 e. The normalized spacial score (nSPS) is 30.6. The highest BCUT2D eigenvalue weighted by atomic mass is 35.5. The number of hydrogen-bond donors (Lipinski definition) is 2. The lowest BCUT2D eigenvalue weighted by atomic mass is 9.73. The van der Waals surface area contributed by atoms with Crippen molar-refractivity contribution in [1.29, 1.82) is 0 Å². The first-order chi connectivity index (χ1) is 8.39. The summed E-state index contributed by atoms with van der Waals surface area (Å²) in [5.74, 6) is 0.110.